The zero-order valence-corrected chi connectivity index (χ0v) is 13.2. The van der Waals surface area contributed by atoms with Crippen LogP contribution in [0.4, 0.5) is 20.2 Å². The lowest BCUT2D eigenvalue weighted by molar-refractivity contribution is -0.386. The topological polar surface area (TPSA) is 67.6 Å². The molecule has 128 valence electrons. The number of hydrogen-bond acceptors (Lipinski definition) is 5. The third-order valence-electron chi connectivity index (χ3n) is 4.12. The van der Waals surface area contributed by atoms with Crippen LogP contribution < -0.4 is 10.1 Å². The first-order valence-corrected chi connectivity index (χ1v) is 7.53. The van der Waals surface area contributed by atoms with Crippen molar-refractivity contribution in [3.8, 4) is 5.75 Å². The molecule has 1 aromatic rings. The number of nitrogens with one attached hydrogen (secondary N) is 1. The summed E-state index contributed by atoms with van der Waals surface area (Å²) in [5, 5.41) is 14.1. The van der Waals surface area contributed by atoms with Crippen LogP contribution in [0.5, 0.6) is 5.75 Å². The van der Waals surface area contributed by atoms with Crippen LogP contribution in [0.3, 0.4) is 0 Å². The van der Waals surface area contributed by atoms with Gasteiger partial charge in [0.1, 0.15) is 0 Å². The average Bonchev–Trinajstić information content (AvgIpc) is 2.46. The third-order valence-corrected chi connectivity index (χ3v) is 4.12. The summed E-state index contributed by atoms with van der Waals surface area (Å²) in [4.78, 5) is 12.3. The third kappa shape index (κ3) is 4.75. The zero-order valence-electron chi connectivity index (χ0n) is 13.2. The number of rotatable bonds is 6. The Morgan fingerprint density at radius 1 is 1.39 bits per heavy atom. The minimum absolute atomic E-state index is 0.206. The summed E-state index contributed by atoms with van der Waals surface area (Å²) in [5.41, 5.74) is 0.0846. The van der Waals surface area contributed by atoms with Crippen molar-refractivity contribution in [2.24, 2.45) is 0 Å². The zero-order chi connectivity index (χ0) is 17.0. The molecule has 1 N–H and O–H groups in total. The van der Waals surface area contributed by atoms with Gasteiger partial charge in [-0.05, 0) is 45.8 Å². The largest absolute Gasteiger partial charge is 0.427 e. The van der Waals surface area contributed by atoms with Crippen LogP contribution in [-0.4, -0.2) is 42.6 Å². The molecular weight excluding hydrogens is 308 g/mol. The second-order valence-corrected chi connectivity index (χ2v) is 5.94. The van der Waals surface area contributed by atoms with E-state index in [2.05, 4.69) is 15.0 Å². The number of anilines is 1. The highest BCUT2D eigenvalue weighted by Crippen LogP contribution is 2.33. The van der Waals surface area contributed by atoms with Crippen LogP contribution in [0.25, 0.3) is 0 Å². The molecule has 0 amide bonds. The van der Waals surface area contributed by atoms with Gasteiger partial charge in [0.2, 0.25) is 5.75 Å². The highest BCUT2D eigenvalue weighted by atomic mass is 19.3. The molecule has 0 saturated heterocycles. The van der Waals surface area contributed by atoms with Gasteiger partial charge in [0.25, 0.3) is 0 Å². The van der Waals surface area contributed by atoms with Crippen molar-refractivity contribution in [3.05, 3.63) is 28.3 Å². The molecule has 23 heavy (non-hydrogen) atoms. The molecule has 0 aliphatic heterocycles. The Kier molecular flexibility index (Phi) is 5.70. The highest BCUT2D eigenvalue weighted by molar-refractivity contribution is 5.58. The standard InChI is InChI=1S/C15H21F2N3O3/c1-19(2)12-5-3-4-10(8-12)18-11-6-7-13(20(21)22)14(9-11)23-15(16)17/h6-7,9-10,12,15,18H,3-5,8H2,1-2H3/t10-,12+/m0/s1. The van der Waals surface area contributed by atoms with E-state index in [1.54, 1.807) is 0 Å². The van der Waals surface area contributed by atoms with E-state index >= 15 is 0 Å². The number of hydrogen-bond donors (Lipinski definition) is 1. The van der Waals surface area contributed by atoms with E-state index < -0.39 is 23.0 Å². The number of nitro groups is 1. The van der Waals surface area contributed by atoms with Crippen molar-refractivity contribution in [2.75, 3.05) is 19.4 Å². The van der Waals surface area contributed by atoms with E-state index in [4.69, 9.17) is 0 Å². The van der Waals surface area contributed by atoms with Gasteiger partial charge in [-0.15, -0.1) is 0 Å². The second-order valence-electron chi connectivity index (χ2n) is 5.94. The lowest BCUT2D eigenvalue weighted by atomic mass is 9.90. The second kappa shape index (κ2) is 7.54. The first-order valence-electron chi connectivity index (χ1n) is 7.53. The molecule has 1 saturated carbocycles. The Balaban J connectivity index is 2.12. The molecule has 1 aromatic carbocycles. The summed E-state index contributed by atoms with van der Waals surface area (Å²) in [6.45, 7) is -3.10. The van der Waals surface area contributed by atoms with Gasteiger partial charge in [0.15, 0.2) is 0 Å². The van der Waals surface area contributed by atoms with Crippen molar-refractivity contribution in [2.45, 2.75) is 44.4 Å². The molecule has 0 spiro atoms. The number of benzene rings is 1. The van der Waals surface area contributed by atoms with Crippen LogP contribution in [0.2, 0.25) is 0 Å². The van der Waals surface area contributed by atoms with E-state index in [0.29, 0.717) is 11.7 Å². The summed E-state index contributed by atoms with van der Waals surface area (Å²) in [6, 6.07) is 4.65. The number of ether oxygens (including phenoxy) is 1. The summed E-state index contributed by atoms with van der Waals surface area (Å²) < 4.78 is 29.1. The summed E-state index contributed by atoms with van der Waals surface area (Å²) >= 11 is 0. The Hall–Kier alpha value is -1.96. The predicted octanol–water partition coefficient (Wildman–Crippen LogP) is 3.48. The van der Waals surface area contributed by atoms with Crippen LogP contribution in [0.1, 0.15) is 25.7 Å². The normalized spacial score (nSPS) is 21.5. The van der Waals surface area contributed by atoms with Gasteiger partial charge in [0.05, 0.1) is 4.92 Å². The first kappa shape index (κ1) is 17.4. The SMILES string of the molecule is CN(C)[C@@H]1CCC[C@H](Nc2ccc([N+](=O)[O-])c(OC(F)F)c2)C1. The Bertz CT molecular complexity index is 555. The van der Waals surface area contributed by atoms with Crippen molar-refractivity contribution in [3.63, 3.8) is 0 Å². The van der Waals surface area contributed by atoms with Crippen molar-refractivity contribution >= 4 is 11.4 Å². The maximum Gasteiger partial charge on any atom is 0.387 e. The van der Waals surface area contributed by atoms with E-state index in [9.17, 15) is 18.9 Å². The number of alkyl halides is 2. The first-order chi connectivity index (χ1) is 10.9. The molecule has 2 rings (SSSR count). The van der Waals surface area contributed by atoms with Crippen LogP contribution >= 0.6 is 0 Å². The minimum atomic E-state index is -3.10. The van der Waals surface area contributed by atoms with Gasteiger partial charge in [-0.25, -0.2) is 0 Å². The smallest absolute Gasteiger partial charge is 0.387 e. The van der Waals surface area contributed by atoms with Crippen molar-refractivity contribution in [1.29, 1.82) is 0 Å². The Morgan fingerprint density at radius 2 is 2.13 bits per heavy atom. The van der Waals surface area contributed by atoms with Crippen molar-refractivity contribution < 1.29 is 18.4 Å². The van der Waals surface area contributed by atoms with Crippen LogP contribution in [-0.2, 0) is 0 Å². The molecule has 1 aliphatic carbocycles. The van der Waals surface area contributed by atoms with E-state index in [-0.39, 0.29) is 6.04 Å². The molecule has 0 heterocycles. The monoisotopic (exact) mass is 329 g/mol. The molecule has 0 bridgehead atoms. The maximum absolute atomic E-state index is 12.4. The van der Waals surface area contributed by atoms with Gasteiger partial charge < -0.3 is 15.0 Å². The molecular formula is C15H21F2N3O3. The predicted molar refractivity (Wildman–Crippen MR) is 83.1 cm³/mol. The van der Waals surface area contributed by atoms with Gasteiger partial charge in [-0.3, -0.25) is 10.1 Å². The molecule has 0 unspecified atom stereocenters. The summed E-state index contributed by atoms with van der Waals surface area (Å²) in [5.74, 6) is -0.421. The van der Waals surface area contributed by atoms with Crippen LogP contribution in [0.15, 0.2) is 18.2 Å². The lowest BCUT2D eigenvalue weighted by Gasteiger charge is -2.34. The van der Waals surface area contributed by atoms with Gasteiger partial charge >= 0.3 is 12.3 Å². The number of halogens is 2. The molecule has 1 fully saturated rings. The van der Waals surface area contributed by atoms with E-state index in [1.165, 1.54) is 18.2 Å². The Labute approximate surface area is 133 Å². The highest BCUT2D eigenvalue weighted by Gasteiger charge is 2.24. The van der Waals surface area contributed by atoms with Crippen molar-refractivity contribution in [1.82, 2.24) is 4.90 Å². The summed E-state index contributed by atoms with van der Waals surface area (Å²) in [6.07, 6.45) is 4.13. The van der Waals surface area contributed by atoms with Gasteiger partial charge in [-0.2, -0.15) is 8.78 Å². The van der Waals surface area contributed by atoms with Crippen LogP contribution in [0, 0.1) is 10.1 Å². The molecule has 2 atom stereocenters. The fraction of sp³-hybridized carbons (Fsp3) is 0.600. The fourth-order valence-corrected chi connectivity index (χ4v) is 2.94. The van der Waals surface area contributed by atoms with Gasteiger partial charge in [-0.1, -0.05) is 0 Å². The average molecular weight is 329 g/mol. The molecule has 8 heteroatoms. The van der Waals surface area contributed by atoms with E-state index in [1.807, 2.05) is 14.1 Å². The maximum atomic E-state index is 12.4. The Morgan fingerprint density at radius 3 is 2.74 bits per heavy atom. The van der Waals surface area contributed by atoms with E-state index in [0.717, 1.165) is 25.7 Å². The van der Waals surface area contributed by atoms with Gasteiger partial charge in [0, 0.05) is 29.9 Å². The molecule has 0 aromatic heterocycles. The minimum Gasteiger partial charge on any atom is -0.427 e. The lowest BCUT2D eigenvalue weighted by Crippen LogP contribution is -2.38. The summed E-state index contributed by atoms with van der Waals surface area (Å²) in [7, 11) is 4.07. The quantitative estimate of drug-likeness (QED) is 0.639. The number of nitro benzene ring substituents is 1. The molecule has 0 radical (unpaired) electrons. The fourth-order valence-electron chi connectivity index (χ4n) is 2.94. The molecule has 1 aliphatic rings. The molecule has 6 nitrogen and oxygen atoms in total. The number of nitrogens with zero attached hydrogens (tertiary/aromatic N) is 2.